The molecule has 20 nitrogen and oxygen atoms in total. The Morgan fingerprint density at radius 3 is 2.15 bits per heavy atom. The summed E-state index contributed by atoms with van der Waals surface area (Å²) in [5.41, 5.74) is 6.75. The molecule has 0 radical (unpaired) electrons. The average molecular weight is 1060 g/mol. The van der Waals surface area contributed by atoms with E-state index in [1.807, 2.05) is 20.8 Å². The van der Waals surface area contributed by atoms with Gasteiger partial charge in [0.15, 0.2) is 11.7 Å². The molecule has 74 heavy (non-hydrogen) atoms. The molecule has 20 heteroatoms. The van der Waals surface area contributed by atoms with Crippen LogP contribution in [0.2, 0.25) is 0 Å². The van der Waals surface area contributed by atoms with Gasteiger partial charge in [0.25, 0.3) is 0 Å². The van der Waals surface area contributed by atoms with Crippen molar-refractivity contribution in [2.75, 3.05) is 13.6 Å². The van der Waals surface area contributed by atoms with E-state index in [0.717, 1.165) is 37.8 Å². The predicted octanol–water partition coefficient (Wildman–Crippen LogP) is 2.67. The van der Waals surface area contributed by atoms with E-state index in [1.54, 1.807) is 40.8 Å². The first kappa shape index (κ1) is 66.3. The van der Waals surface area contributed by atoms with Crippen molar-refractivity contribution >= 4 is 23.9 Å². The second kappa shape index (κ2) is 33.4. The standard InChI is InChI=1S/C54H93N3O17/c1-31(15-13-11-9-10-12-14-22-57-53(55)56-8)23-35(5)51-34(4)17-20-42(60)36(6)44(62)25-38(58)24-39(72-50(69)29-48(66)67)26-40-27-46(64)52(70)54(71,74-40)30-47(65)33(3)16-19-41(59)37(7)45(63)28-43(61)32(2)18-21-49(68)73-51/h9-10,15,17-18,20-21,32-47,51-52,58-65,70-71H,11-14,16,19,22-30H2,1-8H3,(H,66,67)(H3,55,56,57). The number of unbranched alkanes of at least 4 members (excludes halogenated alkanes) is 2. The quantitative estimate of drug-likeness (QED) is 0.0315. The Bertz CT molecular complexity index is 1830. The third-order valence-corrected chi connectivity index (χ3v) is 14.6. The number of hydrogen-bond acceptors (Lipinski definition) is 17. The second-order valence-electron chi connectivity index (χ2n) is 21.2. The summed E-state index contributed by atoms with van der Waals surface area (Å²) in [6.45, 7) is 13.0. The number of carboxylic acid groups (broad SMARTS) is 1. The Balaban J connectivity index is 2.44. The maximum Gasteiger partial charge on any atom is 0.330 e. The van der Waals surface area contributed by atoms with Crippen LogP contribution in [0.15, 0.2) is 53.1 Å². The number of ether oxygens (including phenoxy) is 3. The predicted molar refractivity (Wildman–Crippen MR) is 278 cm³/mol. The van der Waals surface area contributed by atoms with Gasteiger partial charge >= 0.3 is 17.9 Å². The molecule has 0 aromatic rings. The first-order chi connectivity index (χ1) is 34.7. The van der Waals surface area contributed by atoms with Crippen molar-refractivity contribution in [1.29, 1.82) is 0 Å². The summed E-state index contributed by atoms with van der Waals surface area (Å²) in [4.78, 5) is 41.3. The van der Waals surface area contributed by atoms with E-state index < -0.39 is 139 Å². The number of aliphatic imine (C=N–C) groups is 1. The van der Waals surface area contributed by atoms with Crippen molar-refractivity contribution in [1.82, 2.24) is 5.32 Å². The lowest BCUT2D eigenvalue weighted by molar-refractivity contribution is -0.333. The van der Waals surface area contributed by atoms with E-state index in [1.165, 1.54) is 18.2 Å². The van der Waals surface area contributed by atoms with Gasteiger partial charge in [-0.1, -0.05) is 83.6 Å². The van der Waals surface area contributed by atoms with Crippen LogP contribution in [0, 0.1) is 35.5 Å². The van der Waals surface area contributed by atoms with Gasteiger partial charge in [-0.25, -0.2) is 4.79 Å². The first-order valence-corrected chi connectivity index (χ1v) is 26.5. The Labute approximate surface area is 438 Å². The second-order valence-corrected chi connectivity index (χ2v) is 21.2. The fourth-order valence-corrected chi connectivity index (χ4v) is 9.43. The van der Waals surface area contributed by atoms with E-state index in [9.17, 15) is 70.6 Å². The third kappa shape index (κ3) is 24.0. The van der Waals surface area contributed by atoms with Crippen LogP contribution in [-0.2, 0) is 28.6 Å². The minimum atomic E-state index is -2.52. The molecule has 0 spiro atoms. The zero-order valence-corrected chi connectivity index (χ0v) is 44.9. The number of rotatable bonds is 13. The van der Waals surface area contributed by atoms with Crippen molar-refractivity contribution in [2.45, 2.75) is 217 Å². The summed E-state index contributed by atoms with van der Waals surface area (Å²) in [5.74, 6) is -8.95. The lowest BCUT2D eigenvalue weighted by Gasteiger charge is -2.45. The van der Waals surface area contributed by atoms with Gasteiger partial charge in [0, 0.05) is 75.4 Å². The van der Waals surface area contributed by atoms with Crippen LogP contribution in [0.4, 0.5) is 0 Å². The number of carboxylic acids is 1. The number of esters is 2. The van der Waals surface area contributed by atoms with Crippen molar-refractivity contribution in [3.8, 4) is 0 Å². The molecule has 19 unspecified atom stereocenters. The fraction of sp³-hybridized carbons (Fsp3) is 0.778. The summed E-state index contributed by atoms with van der Waals surface area (Å²) < 4.78 is 17.4. The third-order valence-electron chi connectivity index (χ3n) is 14.6. The number of cyclic esters (lactones) is 1. The van der Waals surface area contributed by atoms with Gasteiger partial charge < -0.3 is 81.4 Å². The van der Waals surface area contributed by atoms with Gasteiger partial charge in [-0.2, -0.15) is 0 Å². The minimum absolute atomic E-state index is 0.0876. The molecule has 1 fully saturated rings. The molecule has 2 bridgehead atoms. The van der Waals surface area contributed by atoms with Gasteiger partial charge in [-0.15, -0.1) is 0 Å². The molecule has 426 valence electrons. The van der Waals surface area contributed by atoms with Crippen molar-refractivity contribution < 1.29 is 84.8 Å². The molecule has 0 aromatic carbocycles. The van der Waals surface area contributed by atoms with Crippen molar-refractivity contribution in [3.63, 3.8) is 0 Å². The van der Waals surface area contributed by atoms with Crippen LogP contribution < -0.4 is 11.1 Å². The molecule has 0 aromatic heterocycles. The number of nitrogens with two attached hydrogens (primary N) is 1. The van der Waals surface area contributed by atoms with Crippen LogP contribution in [-0.4, -0.2) is 173 Å². The van der Waals surface area contributed by atoms with Crippen molar-refractivity contribution in [2.24, 2.45) is 46.2 Å². The molecule has 14 N–H and O–H groups in total. The topological polar surface area (TPSA) is 352 Å². The highest BCUT2D eigenvalue weighted by Gasteiger charge is 2.50. The highest BCUT2D eigenvalue weighted by molar-refractivity contribution is 5.90. The summed E-state index contributed by atoms with van der Waals surface area (Å²) >= 11 is 0. The molecule has 2 aliphatic heterocycles. The van der Waals surface area contributed by atoms with E-state index in [2.05, 4.69) is 28.5 Å². The highest BCUT2D eigenvalue weighted by atomic mass is 16.7. The van der Waals surface area contributed by atoms with E-state index >= 15 is 0 Å². The largest absolute Gasteiger partial charge is 0.481 e. The average Bonchev–Trinajstić information content (AvgIpc) is 3.32. The number of carbonyl (C=O) groups excluding carboxylic acids is 2. The number of fused-ring (bicyclic) bond motifs is 2. The number of allylic oxidation sites excluding steroid dienone is 4. The molecule has 1 saturated heterocycles. The molecule has 0 amide bonds. The van der Waals surface area contributed by atoms with Crippen LogP contribution in [0.3, 0.4) is 0 Å². The SMILES string of the molecule is CN=C(N)NCCCC=CCCC=C(C)CC(C)C1OC(=O)C=CC(C)C(O)CC(O)C(C)C(O)CCC(C)C(O)CC2(O)OC(CC(OC(=O)CC(=O)O)CC(O)CC(O)C(C)C(O)C=CC1C)CC(O)C2O. The lowest BCUT2D eigenvalue weighted by Crippen LogP contribution is -2.60. The number of hydrogen-bond donors (Lipinski definition) is 13. The lowest BCUT2D eigenvalue weighted by atomic mass is 9.83. The van der Waals surface area contributed by atoms with Gasteiger partial charge in [0.1, 0.15) is 24.7 Å². The number of nitrogens with one attached hydrogen (secondary N) is 1. The van der Waals surface area contributed by atoms with Crippen LogP contribution in [0.5, 0.6) is 0 Å². The first-order valence-electron chi connectivity index (χ1n) is 26.5. The molecule has 2 heterocycles. The summed E-state index contributed by atoms with van der Waals surface area (Å²) in [6.07, 6.45) is -1.85. The normalized spacial score (nSPS) is 37.2. The molecule has 19 atom stereocenters. The van der Waals surface area contributed by atoms with E-state index in [4.69, 9.17) is 19.9 Å². The summed E-state index contributed by atoms with van der Waals surface area (Å²) in [6, 6.07) is 0. The number of carbonyl (C=O) groups is 3. The fourth-order valence-electron chi connectivity index (χ4n) is 9.43. The zero-order chi connectivity index (χ0) is 55.9. The van der Waals surface area contributed by atoms with Crippen LogP contribution >= 0.6 is 0 Å². The van der Waals surface area contributed by atoms with Crippen LogP contribution in [0.1, 0.15) is 138 Å². The van der Waals surface area contributed by atoms with Crippen molar-refractivity contribution in [3.05, 3.63) is 48.1 Å². The van der Waals surface area contributed by atoms with Gasteiger partial charge in [0.2, 0.25) is 0 Å². The number of guanidine groups is 1. The number of nitrogens with zero attached hydrogens (tertiary/aromatic N) is 1. The number of aliphatic hydroxyl groups excluding tert-OH is 9. The Hall–Kier alpha value is -3.80. The zero-order valence-electron chi connectivity index (χ0n) is 44.9. The number of aliphatic hydroxyl groups is 10. The maximum atomic E-state index is 13.5. The molecule has 0 aliphatic carbocycles. The molecular formula is C54H93N3O17. The van der Waals surface area contributed by atoms with E-state index in [0.29, 0.717) is 12.4 Å². The van der Waals surface area contributed by atoms with Gasteiger partial charge in [-0.05, 0) is 70.1 Å². The monoisotopic (exact) mass is 1060 g/mol. The molecule has 0 saturated carbocycles. The molecular weight excluding hydrogens is 963 g/mol. The summed E-state index contributed by atoms with van der Waals surface area (Å²) in [5, 5.41) is 124. The molecule has 2 rings (SSSR count). The molecule has 2 aliphatic rings. The van der Waals surface area contributed by atoms with Gasteiger partial charge in [-0.3, -0.25) is 14.6 Å². The van der Waals surface area contributed by atoms with Crippen LogP contribution in [0.25, 0.3) is 0 Å². The number of aliphatic carboxylic acids is 1. The maximum absolute atomic E-state index is 13.5. The van der Waals surface area contributed by atoms with E-state index in [-0.39, 0.29) is 50.9 Å². The van der Waals surface area contributed by atoms with Gasteiger partial charge in [0.05, 0.1) is 54.9 Å². The Morgan fingerprint density at radius 2 is 1.49 bits per heavy atom. The smallest absolute Gasteiger partial charge is 0.330 e. The Morgan fingerprint density at radius 1 is 0.824 bits per heavy atom. The summed E-state index contributed by atoms with van der Waals surface area (Å²) in [7, 11) is 1.63. The Kier molecular flexibility index (Phi) is 29.9. The highest BCUT2D eigenvalue weighted by Crippen LogP contribution is 2.36. The minimum Gasteiger partial charge on any atom is -0.481 e.